The van der Waals surface area contributed by atoms with Crippen molar-refractivity contribution in [3.63, 3.8) is 0 Å². The molecule has 0 aliphatic carbocycles. The van der Waals surface area contributed by atoms with Gasteiger partial charge in [-0.1, -0.05) is 0 Å². The third-order valence-electron chi connectivity index (χ3n) is 3.90. The maximum atomic E-state index is 12.3. The monoisotopic (exact) mass is 364 g/mol. The van der Waals surface area contributed by atoms with Crippen molar-refractivity contribution in [2.24, 2.45) is 5.73 Å². The summed E-state index contributed by atoms with van der Waals surface area (Å²) >= 11 is 0. The lowest BCUT2D eigenvalue weighted by molar-refractivity contribution is 0.102. The van der Waals surface area contributed by atoms with E-state index in [0.29, 0.717) is 23.1 Å². The zero-order chi connectivity index (χ0) is 16.9. The van der Waals surface area contributed by atoms with Gasteiger partial charge in [-0.3, -0.25) is 9.48 Å². The van der Waals surface area contributed by atoms with Gasteiger partial charge in [-0.05, 0) is 49.7 Å². The minimum atomic E-state index is -0.630. The number of hydrogen-bond donors (Lipinski definition) is 4. The summed E-state index contributed by atoms with van der Waals surface area (Å²) < 4.78 is 1.85. The van der Waals surface area contributed by atoms with Gasteiger partial charge in [-0.25, -0.2) is 4.79 Å². The molecule has 0 bridgehead atoms. The molecule has 0 spiro atoms. The predicted molar refractivity (Wildman–Crippen MR) is 98.2 cm³/mol. The molecule has 3 rings (SSSR count). The van der Waals surface area contributed by atoms with Gasteiger partial charge in [0.25, 0.3) is 5.91 Å². The Morgan fingerprint density at radius 1 is 1.16 bits per heavy atom. The van der Waals surface area contributed by atoms with Crippen LogP contribution >= 0.6 is 12.4 Å². The fourth-order valence-electron chi connectivity index (χ4n) is 2.70. The largest absolute Gasteiger partial charge is 0.351 e. The quantitative estimate of drug-likeness (QED) is 0.664. The average molecular weight is 365 g/mol. The Balaban J connectivity index is 0.00000225. The molecule has 1 atom stereocenters. The summed E-state index contributed by atoms with van der Waals surface area (Å²) in [5.41, 5.74) is 6.60. The topological polar surface area (TPSA) is 114 Å². The summed E-state index contributed by atoms with van der Waals surface area (Å²) in [7, 11) is 0. The Labute approximate surface area is 151 Å². The Morgan fingerprint density at radius 2 is 1.84 bits per heavy atom. The number of hydrogen-bond acceptors (Lipinski definition) is 4. The fourth-order valence-corrected chi connectivity index (χ4v) is 2.70. The third kappa shape index (κ3) is 4.94. The van der Waals surface area contributed by atoms with Gasteiger partial charge < -0.3 is 21.7 Å². The van der Waals surface area contributed by atoms with Crippen molar-refractivity contribution >= 4 is 35.7 Å². The maximum absolute atomic E-state index is 12.3. The fraction of sp³-hybridized carbons (Fsp3) is 0.312. The number of piperidine rings is 1. The minimum Gasteiger partial charge on any atom is -0.351 e. The minimum absolute atomic E-state index is 0. The van der Waals surface area contributed by atoms with Crippen molar-refractivity contribution < 1.29 is 9.59 Å². The van der Waals surface area contributed by atoms with Crippen LogP contribution in [0.25, 0.3) is 0 Å². The summed E-state index contributed by atoms with van der Waals surface area (Å²) in [4.78, 5) is 23.1. The van der Waals surface area contributed by atoms with Crippen LogP contribution in [0.4, 0.5) is 16.2 Å². The lowest BCUT2D eigenvalue weighted by Crippen LogP contribution is -2.32. The zero-order valence-electron chi connectivity index (χ0n) is 13.6. The Hall–Kier alpha value is -2.58. The van der Waals surface area contributed by atoms with E-state index in [0.717, 1.165) is 25.9 Å². The molecule has 5 N–H and O–H groups in total. The number of anilines is 2. The van der Waals surface area contributed by atoms with Gasteiger partial charge in [-0.15, -0.1) is 12.4 Å². The average Bonchev–Trinajstić information content (AvgIpc) is 3.07. The number of primary amides is 1. The normalized spacial score (nSPS) is 16.6. The van der Waals surface area contributed by atoms with Crippen LogP contribution in [0.5, 0.6) is 0 Å². The van der Waals surface area contributed by atoms with Crippen molar-refractivity contribution in [1.29, 1.82) is 0 Å². The highest BCUT2D eigenvalue weighted by atomic mass is 35.5. The van der Waals surface area contributed by atoms with Crippen LogP contribution in [-0.4, -0.2) is 34.8 Å². The van der Waals surface area contributed by atoms with Crippen LogP contribution < -0.4 is 21.7 Å². The summed E-state index contributed by atoms with van der Waals surface area (Å²) in [6.07, 6.45) is 4.01. The summed E-state index contributed by atoms with van der Waals surface area (Å²) in [6.45, 7) is 1.91. The highest BCUT2D eigenvalue weighted by molar-refractivity contribution is 6.03. The number of nitrogens with one attached hydrogen (secondary N) is 3. The number of carbonyl (C=O) groups is 2. The van der Waals surface area contributed by atoms with Crippen LogP contribution in [0.15, 0.2) is 36.5 Å². The first kappa shape index (κ1) is 18.8. The molecule has 25 heavy (non-hydrogen) atoms. The van der Waals surface area contributed by atoms with Crippen LogP contribution in [0.3, 0.4) is 0 Å². The van der Waals surface area contributed by atoms with Crippen LogP contribution in [0, 0.1) is 0 Å². The van der Waals surface area contributed by atoms with Gasteiger partial charge in [0.05, 0.1) is 6.04 Å². The molecule has 1 aromatic heterocycles. The number of amides is 3. The van der Waals surface area contributed by atoms with E-state index in [2.05, 4.69) is 21.0 Å². The smallest absolute Gasteiger partial charge is 0.316 e. The second-order valence-electron chi connectivity index (χ2n) is 5.70. The molecule has 1 aliphatic rings. The van der Waals surface area contributed by atoms with E-state index in [9.17, 15) is 9.59 Å². The number of rotatable bonds is 4. The molecule has 134 valence electrons. The number of nitrogens with zero attached hydrogens (tertiary/aromatic N) is 2. The first-order valence-electron chi connectivity index (χ1n) is 7.85. The van der Waals surface area contributed by atoms with E-state index in [1.807, 2.05) is 10.9 Å². The molecule has 1 aliphatic heterocycles. The molecule has 2 heterocycles. The molecule has 3 amide bonds. The molecule has 9 heteroatoms. The van der Waals surface area contributed by atoms with Gasteiger partial charge in [0, 0.05) is 24.1 Å². The van der Waals surface area contributed by atoms with Crippen LogP contribution in [0.2, 0.25) is 0 Å². The lowest BCUT2D eigenvalue weighted by atomic mass is 10.1. The summed E-state index contributed by atoms with van der Waals surface area (Å²) in [6, 6.07) is 8.07. The van der Waals surface area contributed by atoms with Crippen molar-refractivity contribution in [2.45, 2.75) is 18.9 Å². The number of carbonyl (C=O) groups excluding carboxylic acids is 2. The number of nitrogens with two attached hydrogens (primary N) is 1. The van der Waals surface area contributed by atoms with E-state index in [1.54, 1.807) is 30.3 Å². The molecule has 1 aromatic carbocycles. The molecule has 1 saturated heterocycles. The molecule has 8 nitrogen and oxygen atoms in total. The van der Waals surface area contributed by atoms with E-state index in [-0.39, 0.29) is 18.3 Å². The molecule has 0 saturated carbocycles. The molecular formula is C16H21ClN6O2. The second kappa shape index (κ2) is 8.50. The summed E-state index contributed by atoms with van der Waals surface area (Å²) in [5, 5.41) is 13.0. The SMILES string of the molecule is Cl.NC(=O)Nc1ccc(NC(=O)c2ccn(C3CCCNC3)n2)cc1. The number of halogens is 1. The van der Waals surface area contributed by atoms with Gasteiger partial charge in [-0.2, -0.15) is 5.10 Å². The Morgan fingerprint density at radius 3 is 2.44 bits per heavy atom. The maximum Gasteiger partial charge on any atom is 0.316 e. The first-order valence-corrected chi connectivity index (χ1v) is 7.85. The second-order valence-corrected chi connectivity index (χ2v) is 5.70. The van der Waals surface area contributed by atoms with E-state index in [1.165, 1.54) is 0 Å². The van der Waals surface area contributed by atoms with Gasteiger partial charge in [0.2, 0.25) is 0 Å². The van der Waals surface area contributed by atoms with Crippen molar-refractivity contribution in [3.8, 4) is 0 Å². The highest BCUT2D eigenvalue weighted by Crippen LogP contribution is 2.17. The first-order chi connectivity index (χ1) is 11.6. The van der Waals surface area contributed by atoms with Crippen LogP contribution in [0.1, 0.15) is 29.4 Å². The van der Waals surface area contributed by atoms with Gasteiger partial charge in [0.15, 0.2) is 5.69 Å². The molecular weight excluding hydrogens is 344 g/mol. The van der Waals surface area contributed by atoms with Gasteiger partial charge in [0.1, 0.15) is 0 Å². The molecule has 0 radical (unpaired) electrons. The van der Waals surface area contributed by atoms with E-state index < -0.39 is 6.03 Å². The van der Waals surface area contributed by atoms with E-state index >= 15 is 0 Å². The predicted octanol–water partition coefficient (Wildman–Crippen LogP) is 1.97. The zero-order valence-corrected chi connectivity index (χ0v) is 14.4. The van der Waals surface area contributed by atoms with Crippen molar-refractivity contribution in [2.75, 3.05) is 23.7 Å². The standard InChI is InChI=1S/C16H20N6O2.ClH/c17-16(24)20-12-5-3-11(4-6-12)19-15(23)14-7-9-22(21-14)13-2-1-8-18-10-13;/h3-7,9,13,18H,1-2,8,10H2,(H,19,23)(H3,17,20,24);1H. The molecule has 1 unspecified atom stereocenters. The third-order valence-corrected chi connectivity index (χ3v) is 3.90. The lowest BCUT2D eigenvalue weighted by Gasteiger charge is -2.22. The van der Waals surface area contributed by atoms with E-state index in [4.69, 9.17) is 5.73 Å². The molecule has 1 fully saturated rings. The highest BCUT2D eigenvalue weighted by Gasteiger charge is 2.17. The number of benzene rings is 1. The Bertz CT molecular complexity index is 724. The number of urea groups is 1. The summed E-state index contributed by atoms with van der Waals surface area (Å²) in [5.74, 6) is -0.270. The van der Waals surface area contributed by atoms with Crippen molar-refractivity contribution in [1.82, 2.24) is 15.1 Å². The molecule has 2 aromatic rings. The Kier molecular flexibility index (Phi) is 6.37. The van der Waals surface area contributed by atoms with Crippen molar-refractivity contribution in [3.05, 3.63) is 42.2 Å². The van der Waals surface area contributed by atoms with Gasteiger partial charge >= 0.3 is 6.03 Å². The van der Waals surface area contributed by atoms with Crippen LogP contribution in [-0.2, 0) is 0 Å². The number of aromatic nitrogens is 2.